The maximum absolute atomic E-state index is 11.6. The Labute approximate surface area is 137 Å². The van der Waals surface area contributed by atoms with E-state index in [9.17, 15) is 4.79 Å². The molecule has 6 nitrogen and oxygen atoms in total. The van der Waals surface area contributed by atoms with Crippen molar-refractivity contribution in [1.82, 2.24) is 20.4 Å². The van der Waals surface area contributed by atoms with Gasteiger partial charge in [0, 0.05) is 23.2 Å². The second kappa shape index (κ2) is 6.66. The molecule has 3 rings (SSSR count). The van der Waals surface area contributed by atoms with Crippen LogP contribution in [0, 0.1) is 0 Å². The Bertz CT molecular complexity index is 825. The van der Waals surface area contributed by atoms with E-state index in [4.69, 9.17) is 16.3 Å². The molecule has 0 bridgehead atoms. The molecule has 2 aromatic heterocycles. The van der Waals surface area contributed by atoms with E-state index in [0.29, 0.717) is 35.1 Å². The fourth-order valence-electron chi connectivity index (χ4n) is 2.22. The third kappa shape index (κ3) is 3.60. The van der Waals surface area contributed by atoms with Gasteiger partial charge in [-0.25, -0.2) is 4.79 Å². The van der Waals surface area contributed by atoms with E-state index in [1.807, 2.05) is 30.3 Å². The van der Waals surface area contributed by atoms with Crippen molar-refractivity contribution in [3.05, 3.63) is 58.4 Å². The van der Waals surface area contributed by atoms with Crippen molar-refractivity contribution in [3.63, 3.8) is 0 Å². The van der Waals surface area contributed by atoms with Crippen LogP contribution in [0.15, 0.2) is 36.4 Å². The van der Waals surface area contributed by atoms with Gasteiger partial charge < -0.3 is 4.74 Å². The second-order valence-electron chi connectivity index (χ2n) is 4.97. The zero-order valence-corrected chi connectivity index (χ0v) is 13.2. The molecule has 2 heterocycles. The number of benzene rings is 1. The van der Waals surface area contributed by atoms with Crippen LogP contribution in [-0.4, -0.2) is 33.0 Å². The van der Waals surface area contributed by atoms with Gasteiger partial charge >= 0.3 is 5.97 Å². The SMILES string of the molecule is CCOC(=O)c1cc(-c2cc(Cc3cccc(Cl)c3)[nH]n2)n[nH]1. The monoisotopic (exact) mass is 330 g/mol. The highest BCUT2D eigenvalue weighted by molar-refractivity contribution is 6.30. The molecule has 7 heteroatoms. The Hall–Kier alpha value is -2.60. The number of nitrogens with one attached hydrogen (secondary N) is 2. The number of nitrogens with zero attached hydrogens (tertiary/aromatic N) is 2. The first-order valence-electron chi connectivity index (χ1n) is 7.17. The zero-order chi connectivity index (χ0) is 16.2. The summed E-state index contributed by atoms with van der Waals surface area (Å²) in [4.78, 5) is 11.6. The number of aromatic amines is 2. The molecule has 0 saturated heterocycles. The number of carbonyl (C=O) groups excluding carboxylic acids is 1. The first-order chi connectivity index (χ1) is 11.2. The Morgan fingerprint density at radius 2 is 1.96 bits per heavy atom. The summed E-state index contributed by atoms with van der Waals surface area (Å²) >= 11 is 5.99. The van der Waals surface area contributed by atoms with Gasteiger partial charge in [0.25, 0.3) is 0 Å². The largest absolute Gasteiger partial charge is 0.461 e. The lowest BCUT2D eigenvalue weighted by Gasteiger charge is -1.98. The number of H-pyrrole nitrogens is 2. The molecule has 0 fully saturated rings. The van der Waals surface area contributed by atoms with Crippen LogP contribution < -0.4 is 0 Å². The Morgan fingerprint density at radius 1 is 1.17 bits per heavy atom. The van der Waals surface area contributed by atoms with Gasteiger partial charge in [0.15, 0.2) is 0 Å². The number of hydrogen-bond acceptors (Lipinski definition) is 4. The summed E-state index contributed by atoms with van der Waals surface area (Å²) in [6, 6.07) is 11.2. The van der Waals surface area contributed by atoms with Gasteiger partial charge in [0.1, 0.15) is 17.1 Å². The lowest BCUT2D eigenvalue weighted by molar-refractivity contribution is 0.0519. The molecular formula is C16H15ClN4O2. The molecule has 0 aliphatic heterocycles. The third-order valence-electron chi connectivity index (χ3n) is 3.25. The second-order valence-corrected chi connectivity index (χ2v) is 5.41. The third-order valence-corrected chi connectivity index (χ3v) is 3.49. The minimum absolute atomic E-state index is 0.307. The molecule has 0 saturated carbocycles. The molecule has 3 aromatic rings. The van der Waals surface area contributed by atoms with Crippen LogP contribution in [0.25, 0.3) is 11.4 Å². The van der Waals surface area contributed by atoms with Gasteiger partial charge in [-0.2, -0.15) is 10.2 Å². The Morgan fingerprint density at radius 3 is 2.74 bits per heavy atom. The van der Waals surface area contributed by atoms with E-state index in [1.165, 1.54) is 0 Å². The number of rotatable bonds is 5. The minimum Gasteiger partial charge on any atom is -0.461 e. The first kappa shape index (κ1) is 15.3. The van der Waals surface area contributed by atoms with Crippen molar-refractivity contribution in [2.45, 2.75) is 13.3 Å². The number of carbonyl (C=O) groups is 1. The number of aromatic nitrogens is 4. The molecule has 0 radical (unpaired) electrons. The van der Waals surface area contributed by atoms with Crippen LogP contribution in [0.5, 0.6) is 0 Å². The quantitative estimate of drug-likeness (QED) is 0.703. The summed E-state index contributed by atoms with van der Waals surface area (Å²) in [7, 11) is 0. The number of esters is 1. The predicted octanol–water partition coefficient (Wildman–Crippen LogP) is 3.22. The molecule has 1 aromatic carbocycles. The summed E-state index contributed by atoms with van der Waals surface area (Å²) in [5.41, 5.74) is 3.57. The van der Waals surface area contributed by atoms with Gasteiger partial charge in [-0.3, -0.25) is 10.2 Å². The topological polar surface area (TPSA) is 83.7 Å². The number of hydrogen-bond donors (Lipinski definition) is 2. The van der Waals surface area contributed by atoms with E-state index in [1.54, 1.807) is 13.0 Å². The van der Waals surface area contributed by atoms with Crippen molar-refractivity contribution >= 4 is 17.6 Å². The van der Waals surface area contributed by atoms with Gasteiger partial charge in [-0.05, 0) is 30.7 Å². The van der Waals surface area contributed by atoms with Gasteiger partial charge in [0.05, 0.1) is 6.61 Å². The normalized spacial score (nSPS) is 10.7. The minimum atomic E-state index is -0.430. The average molecular weight is 331 g/mol. The maximum Gasteiger partial charge on any atom is 0.356 e. The molecule has 0 aliphatic carbocycles. The lowest BCUT2D eigenvalue weighted by Crippen LogP contribution is -2.04. The number of halogens is 1. The molecule has 118 valence electrons. The predicted molar refractivity (Wildman–Crippen MR) is 86.4 cm³/mol. The summed E-state index contributed by atoms with van der Waals surface area (Å²) < 4.78 is 4.92. The molecular weight excluding hydrogens is 316 g/mol. The molecule has 2 N–H and O–H groups in total. The average Bonchev–Trinajstić information content (AvgIpc) is 3.16. The van der Waals surface area contributed by atoms with Crippen LogP contribution in [-0.2, 0) is 11.2 Å². The standard InChI is InChI=1S/C16H15ClN4O2/c1-2-23-16(22)15-9-14(20-21-15)13-8-12(18-19-13)7-10-4-3-5-11(17)6-10/h3-6,8-9H,2,7H2,1H3,(H,18,19)(H,20,21). The Kier molecular flexibility index (Phi) is 4.43. The molecule has 0 atom stereocenters. The summed E-state index contributed by atoms with van der Waals surface area (Å²) in [6.45, 7) is 2.07. The smallest absolute Gasteiger partial charge is 0.356 e. The Balaban J connectivity index is 1.75. The van der Waals surface area contributed by atoms with Crippen molar-refractivity contribution in [1.29, 1.82) is 0 Å². The van der Waals surface area contributed by atoms with E-state index < -0.39 is 5.97 Å². The van der Waals surface area contributed by atoms with E-state index in [2.05, 4.69) is 20.4 Å². The maximum atomic E-state index is 11.6. The zero-order valence-electron chi connectivity index (χ0n) is 12.5. The van der Waals surface area contributed by atoms with Gasteiger partial charge in [-0.15, -0.1) is 0 Å². The molecule has 0 amide bonds. The van der Waals surface area contributed by atoms with Gasteiger partial charge in [0.2, 0.25) is 0 Å². The fraction of sp³-hybridized carbons (Fsp3) is 0.188. The molecule has 0 unspecified atom stereocenters. The van der Waals surface area contributed by atoms with E-state index in [-0.39, 0.29) is 0 Å². The lowest BCUT2D eigenvalue weighted by atomic mass is 10.1. The van der Waals surface area contributed by atoms with Crippen molar-refractivity contribution in [2.75, 3.05) is 6.61 Å². The van der Waals surface area contributed by atoms with E-state index >= 15 is 0 Å². The fourth-order valence-corrected chi connectivity index (χ4v) is 2.43. The van der Waals surface area contributed by atoms with Crippen molar-refractivity contribution in [3.8, 4) is 11.4 Å². The number of ether oxygens (including phenoxy) is 1. The van der Waals surface area contributed by atoms with Crippen molar-refractivity contribution < 1.29 is 9.53 Å². The molecule has 23 heavy (non-hydrogen) atoms. The van der Waals surface area contributed by atoms with Crippen molar-refractivity contribution in [2.24, 2.45) is 0 Å². The summed E-state index contributed by atoms with van der Waals surface area (Å²) in [5.74, 6) is -0.430. The first-order valence-corrected chi connectivity index (χ1v) is 7.55. The molecule has 0 aliphatic rings. The molecule has 0 spiro atoms. The summed E-state index contributed by atoms with van der Waals surface area (Å²) in [6.07, 6.45) is 0.683. The van der Waals surface area contributed by atoms with Crippen LogP contribution >= 0.6 is 11.6 Å². The van der Waals surface area contributed by atoms with Crippen LogP contribution in [0.4, 0.5) is 0 Å². The van der Waals surface area contributed by atoms with Crippen LogP contribution in [0.2, 0.25) is 5.02 Å². The van der Waals surface area contributed by atoms with Crippen LogP contribution in [0.1, 0.15) is 28.7 Å². The summed E-state index contributed by atoms with van der Waals surface area (Å²) in [5, 5.41) is 14.7. The highest BCUT2D eigenvalue weighted by atomic mass is 35.5. The van der Waals surface area contributed by atoms with Crippen LogP contribution in [0.3, 0.4) is 0 Å². The highest BCUT2D eigenvalue weighted by Gasteiger charge is 2.13. The van der Waals surface area contributed by atoms with E-state index in [0.717, 1.165) is 11.3 Å². The van der Waals surface area contributed by atoms with Gasteiger partial charge in [-0.1, -0.05) is 23.7 Å². The highest BCUT2D eigenvalue weighted by Crippen LogP contribution is 2.19.